The van der Waals surface area contributed by atoms with Gasteiger partial charge in [0.25, 0.3) is 5.91 Å². The maximum Gasteiger partial charge on any atom is 0.272 e. The standard InChI is InChI=1S/C12H14BrClN2O/c13-10-3-4-11(15-7-10)12(17)16-5-1-2-9(6-14)8-16/h3-4,7,9H,1-2,5-6,8H2. The highest BCUT2D eigenvalue weighted by Gasteiger charge is 2.24. The molecule has 92 valence electrons. The average Bonchev–Trinajstić information content (AvgIpc) is 2.39. The molecule has 1 saturated heterocycles. The Kier molecular flexibility index (Phi) is 4.40. The van der Waals surface area contributed by atoms with Crippen LogP contribution < -0.4 is 0 Å². The molecule has 0 spiro atoms. The molecule has 3 nitrogen and oxygen atoms in total. The van der Waals surface area contributed by atoms with Crippen LogP contribution in [0.1, 0.15) is 23.3 Å². The third-order valence-corrected chi connectivity index (χ3v) is 3.88. The largest absolute Gasteiger partial charge is 0.337 e. The van der Waals surface area contributed by atoms with Crippen molar-refractivity contribution in [2.24, 2.45) is 5.92 Å². The number of aromatic nitrogens is 1. The van der Waals surface area contributed by atoms with E-state index in [2.05, 4.69) is 20.9 Å². The minimum atomic E-state index is 0.00677. The molecule has 0 aromatic carbocycles. The Hall–Kier alpha value is -0.610. The SMILES string of the molecule is O=C(c1ccc(Br)cn1)N1CCCC(CCl)C1. The van der Waals surface area contributed by atoms with Crippen LogP contribution in [0.2, 0.25) is 0 Å². The Morgan fingerprint density at radius 2 is 2.41 bits per heavy atom. The molecule has 0 radical (unpaired) electrons. The lowest BCUT2D eigenvalue weighted by atomic mass is 10.00. The molecule has 1 atom stereocenters. The van der Waals surface area contributed by atoms with Gasteiger partial charge < -0.3 is 4.90 Å². The molecule has 1 fully saturated rings. The van der Waals surface area contributed by atoms with Crippen LogP contribution in [0.4, 0.5) is 0 Å². The number of amides is 1. The number of rotatable bonds is 2. The second-order valence-corrected chi connectivity index (χ2v) is 5.50. The number of hydrogen-bond acceptors (Lipinski definition) is 2. The van der Waals surface area contributed by atoms with E-state index in [-0.39, 0.29) is 5.91 Å². The molecule has 1 aliphatic heterocycles. The van der Waals surface area contributed by atoms with Crippen molar-refractivity contribution in [2.45, 2.75) is 12.8 Å². The topological polar surface area (TPSA) is 33.2 Å². The van der Waals surface area contributed by atoms with E-state index in [1.165, 1.54) is 0 Å². The van der Waals surface area contributed by atoms with Crippen molar-refractivity contribution >= 4 is 33.4 Å². The van der Waals surface area contributed by atoms with Crippen LogP contribution in [-0.2, 0) is 0 Å². The molecule has 1 aromatic rings. The van der Waals surface area contributed by atoms with Gasteiger partial charge >= 0.3 is 0 Å². The van der Waals surface area contributed by atoms with Crippen LogP contribution in [0.15, 0.2) is 22.8 Å². The molecule has 1 aromatic heterocycles. The molecule has 0 aliphatic carbocycles. The Balaban J connectivity index is 2.06. The van der Waals surface area contributed by atoms with Crippen LogP contribution >= 0.6 is 27.5 Å². The van der Waals surface area contributed by atoms with Crippen LogP contribution in [0.3, 0.4) is 0 Å². The van der Waals surface area contributed by atoms with E-state index in [0.717, 1.165) is 30.4 Å². The van der Waals surface area contributed by atoms with Crippen molar-refractivity contribution in [3.63, 3.8) is 0 Å². The number of piperidine rings is 1. The quantitative estimate of drug-likeness (QED) is 0.786. The first-order chi connectivity index (χ1) is 8.20. The normalized spacial score (nSPS) is 20.4. The van der Waals surface area contributed by atoms with Crippen molar-refractivity contribution in [2.75, 3.05) is 19.0 Å². The molecule has 1 aliphatic rings. The zero-order valence-electron chi connectivity index (χ0n) is 9.40. The van der Waals surface area contributed by atoms with E-state index in [4.69, 9.17) is 11.6 Å². The minimum Gasteiger partial charge on any atom is -0.337 e. The maximum atomic E-state index is 12.2. The van der Waals surface area contributed by atoms with Crippen LogP contribution in [0, 0.1) is 5.92 Å². The van der Waals surface area contributed by atoms with Gasteiger partial charge in [-0.3, -0.25) is 4.79 Å². The zero-order valence-corrected chi connectivity index (χ0v) is 11.7. The van der Waals surface area contributed by atoms with Gasteiger partial charge in [0.05, 0.1) is 0 Å². The molecule has 0 saturated carbocycles. The van der Waals surface area contributed by atoms with E-state index in [1.54, 1.807) is 12.3 Å². The summed E-state index contributed by atoms with van der Waals surface area (Å²) in [5, 5.41) is 0. The van der Waals surface area contributed by atoms with E-state index in [0.29, 0.717) is 17.5 Å². The number of halogens is 2. The summed E-state index contributed by atoms with van der Waals surface area (Å²) in [6.45, 7) is 1.56. The van der Waals surface area contributed by atoms with E-state index in [9.17, 15) is 4.79 Å². The highest BCUT2D eigenvalue weighted by Crippen LogP contribution is 2.19. The summed E-state index contributed by atoms with van der Waals surface area (Å²) in [6.07, 6.45) is 3.79. The van der Waals surface area contributed by atoms with Crippen LogP contribution in [-0.4, -0.2) is 34.8 Å². The molecular formula is C12H14BrClN2O. The second-order valence-electron chi connectivity index (χ2n) is 4.28. The van der Waals surface area contributed by atoms with Gasteiger partial charge in [0, 0.05) is 29.6 Å². The number of alkyl halides is 1. The number of pyridine rings is 1. The van der Waals surface area contributed by atoms with E-state index < -0.39 is 0 Å². The van der Waals surface area contributed by atoms with Crippen LogP contribution in [0.5, 0.6) is 0 Å². The summed E-state index contributed by atoms with van der Waals surface area (Å²) in [4.78, 5) is 18.2. The van der Waals surface area contributed by atoms with Crippen molar-refractivity contribution in [3.05, 3.63) is 28.5 Å². The van der Waals surface area contributed by atoms with Crippen LogP contribution in [0.25, 0.3) is 0 Å². The number of carbonyl (C=O) groups is 1. The van der Waals surface area contributed by atoms with Gasteiger partial charge in [-0.1, -0.05) is 0 Å². The lowest BCUT2D eigenvalue weighted by molar-refractivity contribution is 0.0679. The predicted molar refractivity (Wildman–Crippen MR) is 71.3 cm³/mol. The smallest absolute Gasteiger partial charge is 0.272 e. The van der Waals surface area contributed by atoms with Crippen molar-refractivity contribution in [3.8, 4) is 0 Å². The fourth-order valence-electron chi connectivity index (χ4n) is 2.04. The predicted octanol–water partition coefficient (Wildman–Crippen LogP) is 2.94. The summed E-state index contributed by atoms with van der Waals surface area (Å²) in [7, 11) is 0. The Morgan fingerprint density at radius 3 is 3.06 bits per heavy atom. The van der Waals surface area contributed by atoms with Gasteiger partial charge in [-0.05, 0) is 46.8 Å². The van der Waals surface area contributed by atoms with Gasteiger partial charge in [-0.2, -0.15) is 0 Å². The molecule has 17 heavy (non-hydrogen) atoms. The van der Waals surface area contributed by atoms with Crippen molar-refractivity contribution in [1.82, 2.24) is 9.88 Å². The highest BCUT2D eigenvalue weighted by atomic mass is 79.9. The molecule has 1 amide bonds. The number of nitrogens with zero attached hydrogens (tertiary/aromatic N) is 2. The fourth-order valence-corrected chi connectivity index (χ4v) is 2.53. The Labute approximate surface area is 114 Å². The number of likely N-dealkylation sites (tertiary alicyclic amines) is 1. The summed E-state index contributed by atoms with van der Waals surface area (Å²) in [5.41, 5.74) is 0.503. The molecule has 1 unspecified atom stereocenters. The molecule has 0 bridgehead atoms. The van der Waals surface area contributed by atoms with Gasteiger partial charge in [-0.15, -0.1) is 11.6 Å². The monoisotopic (exact) mass is 316 g/mol. The maximum absolute atomic E-state index is 12.2. The lowest BCUT2D eigenvalue weighted by Gasteiger charge is -2.31. The first-order valence-electron chi connectivity index (χ1n) is 5.67. The first kappa shape index (κ1) is 12.8. The molecule has 5 heteroatoms. The average molecular weight is 318 g/mol. The molecular weight excluding hydrogens is 304 g/mol. The number of hydrogen-bond donors (Lipinski definition) is 0. The zero-order chi connectivity index (χ0) is 12.3. The molecule has 2 heterocycles. The summed E-state index contributed by atoms with van der Waals surface area (Å²) in [6, 6.07) is 3.58. The van der Waals surface area contributed by atoms with E-state index in [1.807, 2.05) is 11.0 Å². The highest BCUT2D eigenvalue weighted by molar-refractivity contribution is 9.10. The van der Waals surface area contributed by atoms with Gasteiger partial charge in [0.2, 0.25) is 0 Å². The first-order valence-corrected chi connectivity index (χ1v) is 7.00. The van der Waals surface area contributed by atoms with Gasteiger partial charge in [0.15, 0.2) is 0 Å². The molecule has 2 rings (SSSR count). The lowest BCUT2D eigenvalue weighted by Crippen LogP contribution is -2.40. The summed E-state index contributed by atoms with van der Waals surface area (Å²) in [5.74, 6) is 1.05. The van der Waals surface area contributed by atoms with Gasteiger partial charge in [0.1, 0.15) is 5.69 Å². The Bertz CT molecular complexity index is 396. The van der Waals surface area contributed by atoms with E-state index >= 15 is 0 Å². The summed E-state index contributed by atoms with van der Waals surface area (Å²) < 4.78 is 0.881. The molecule has 0 N–H and O–H groups in total. The summed E-state index contributed by atoms with van der Waals surface area (Å²) >= 11 is 9.16. The number of carbonyl (C=O) groups excluding carboxylic acids is 1. The van der Waals surface area contributed by atoms with Crippen molar-refractivity contribution in [1.29, 1.82) is 0 Å². The third kappa shape index (κ3) is 3.19. The second kappa shape index (κ2) is 5.83. The fraction of sp³-hybridized carbons (Fsp3) is 0.500. The Morgan fingerprint density at radius 1 is 1.59 bits per heavy atom. The third-order valence-electron chi connectivity index (χ3n) is 2.97. The van der Waals surface area contributed by atoms with Crippen molar-refractivity contribution < 1.29 is 4.79 Å². The minimum absolute atomic E-state index is 0.00677. The van der Waals surface area contributed by atoms with Gasteiger partial charge in [-0.25, -0.2) is 4.98 Å².